The zero-order valence-corrected chi connectivity index (χ0v) is 10.7. The standard InChI is InChI=1S/C16H15F3/c1-12-11-15(16(17,18)19)10-9-14(12)8-7-13-5-3-2-4-6-13/h2-6,9-11H,7-8H2,1H3. The molecule has 0 saturated heterocycles. The van der Waals surface area contributed by atoms with Gasteiger partial charge in [0.1, 0.15) is 0 Å². The van der Waals surface area contributed by atoms with E-state index in [1.807, 2.05) is 30.3 Å². The Morgan fingerprint density at radius 2 is 1.58 bits per heavy atom. The molecule has 2 aromatic rings. The van der Waals surface area contributed by atoms with Gasteiger partial charge in [0.15, 0.2) is 0 Å². The Kier molecular flexibility index (Phi) is 3.93. The van der Waals surface area contributed by atoms with Crippen molar-refractivity contribution in [3.8, 4) is 0 Å². The van der Waals surface area contributed by atoms with E-state index in [-0.39, 0.29) is 0 Å². The quantitative estimate of drug-likeness (QED) is 0.747. The van der Waals surface area contributed by atoms with Crippen molar-refractivity contribution >= 4 is 0 Å². The van der Waals surface area contributed by atoms with Crippen molar-refractivity contribution in [2.75, 3.05) is 0 Å². The molecule has 0 fully saturated rings. The lowest BCUT2D eigenvalue weighted by atomic mass is 9.98. The first-order valence-corrected chi connectivity index (χ1v) is 6.17. The molecule has 0 aliphatic rings. The third-order valence-electron chi connectivity index (χ3n) is 3.20. The molecule has 0 spiro atoms. The molecule has 0 amide bonds. The smallest absolute Gasteiger partial charge is 0.166 e. The molecule has 0 aliphatic heterocycles. The highest BCUT2D eigenvalue weighted by molar-refractivity contribution is 5.33. The van der Waals surface area contributed by atoms with Gasteiger partial charge in [-0.25, -0.2) is 0 Å². The van der Waals surface area contributed by atoms with Crippen molar-refractivity contribution in [2.45, 2.75) is 25.9 Å². The highest BCUT2D eigenvalue weighted by atomic mass is 19.4. The predicted octanol–water partition coefficient (Wildman–Crippen LogP) is 4.80. The van der Waals surface area contributed by atoms with E-state index in [1.54, 1.807) is 13.0 Å². The Morgan fingerprint density at radius 1 is 0.895 bits per heavy atom. The van der Waals surface area contributed by atoms with Gasteiger partial charge in [-0.3, -0.25) is 0 Å². The monoisotopic (exact) mass is 264 g/mol. The predicted molar refractivity (Wildman–Crippen MR) is 70.0 cm³/mol. The van der Waals surface area contributed by atoms with Gasteiger partial charge in [-0.1, -0.05) is 36.4 Å². The summed E-state index contributed by atoms with van der Waals surface area (Å²) in [6.45, 7) is 1.73. The van der Waals surface area contributed by atoms with Crippen LogP contribution in [-0.2, 0) is 19.0 Å². The summed E-state index contributed by atoms with van der Waals surface area (Å²) in [5.74, 6) is 0. The fraction of sp³-hybridized carbons (Fsp3) is 0.250. The van der Waals surface area contributed by atoms with E-state index < -0.39 is 11.7 Å². The molecule has 0 heterocycles. The molecule has 0 N–H and O–H groups in total. The molecule has 0 bridgehead atoms. The van der Waals surface area contributed by atoms with Gasteiger partial charge in [0.25, 0.3) is 0 Å². The number of benzene rings is 2. The minimum Gasteiger partial charge on any atom is -0.166 e. The second-order valence-electron chi connectivity index (χ2n) is 4.62. The van der Waals surface area contributed by atoms with Crippen molar-refractivity contribution < 1.29 is 13.2 Å². The van der Waals surface area contributed by atoms with Crippen molar-refractivity contribution in [3.05, 3.63) is 70.8 Å². The zero-order chi connectivity index (χ0) is 13.9. The molecule has 0 radical (unpaired) electrons. The average Bonchev–Trinajstić information content (AvgIpc) is 2.37. The van der Waals surface area contributed by atoms with Crippen LogP contribution in [0.3, 0.4) is 0 Å². The molecule has 100 valence electrons. The Morgan fingerprint density at radius 3 is 2.16 bits per heavy atom. The Balaban J connectivity index is 2.10. The highest BCUT2D eigenvalue weighted by Crippen LogP contribution is 2.30. The molecule has 0 atom stereocenters. The molecule has 0 nitrogen and oxygen atoms in total. The Hall–Kier alpha value is -1.77. The summed E-state index contributed by atoms with van der Waals surface area (Å²) in [7, 11) is 0. The minimum atomic E-state index is -4.26. The van der Waals surface area contributed by atoms with Crippen LogP contribution in [0.1, 0.15) is 22.3 Å². The third-order valence-corrected chi connectivity index (χ3v) is 3.20. The fourth-order valence-corrected chi connectivity index (χ4v) is 2.08. The summed E-state index contributed by atoms with van der Waals surface area (Å²) in [5, 5.41) is 0. The first-order valence-electron chi connectivity index (χ1n) is 6.17. The molecular formula is C16H15F3. The molecule has 2 rings (SSSR count). The normalized spacial score (nSPS) is 11.6. The summed E-state index contributed by atoms with van der Waals surface area (Å²) >= 11 is 0. The first kappa shape index (κ1) is 13.7. The van der Waals surface area contributed by atoms with Crippen LogP contribution in [0.2, 0.25) is 0 Å². The van der Waals surface area contributed by atoms with Crippen LogP contribution >= 0.6 is 0 Å². The van der Waals surface area contributed by atoms with Crippen LogP contribution in [0, 0.1) is 6.92 Å². The van der Waals surface area contributed by atoms with E-state index in [1.165, 1.54) is 11.6 Å². The van der Waals surface area contributed by atoms with Crippen LogP contribution in [0.4, 0.5) is 13.2 Å². The van der Waals surface area contributed by atoms with Crippen molar-refractivity contribution in [1.29, 1.82) is 0 Å². The summed E-state index contributed by atoms with van der Waals surface area (Å²) < 4.78 is 37.7. The molecule has 0 aliphatic carbocycles. The fourth-order valence-electron chi connectivity index (χ4n) is 2.08. The third kappa shape index (κ3) is 3.60. The summed E-state index contributed by atoms with van der Waals surface area (Å²) in [5.41, 5.74) is 2.29. The van der Waals surface area contributed by atoms with E-state index in [2.05, 4.69) is 0 Å². The van der Waals surface area contributed by atoms with Crippen LogP contribution in [-0.4, -0.2) is 0 Å². The number of hydrogen-bond acceptors (Lipinski definition) is 0. The molecule has 3 heteroatoms. The van der Waals surface area contributed by atoms with Crippen LogP contribution in [0.5, 0.6) is 0 Å². The van der Waals surface area contributed by atoms with Gasteiger partial charge in [-0.05, 0) is 48.6 Å². The molecule has 0 unspecified atom stereocenters. The van der Waals surface area contributed by atoms with E-state index in [4.69, 9.17) is 0 Å². The second kappa shape index (κ2) is 5.47. The van der Waals surface area contributed by atoms with E-state index in [9.17, 15) is 13.2 Å². The summed E-state index contributed by atoms with van der Waals surface area (Å²) in [6, 6.07) is 13.9. The van der Waals surface area contributed by atoms with Gasteiger partial charge in [-0.2, -0.15) is 13.2 Å². The van der Waals surface area contributed by atoms with Gasteiger partial charge in [-0.15, -0.1) is 0 Å². The first-order chi connectivity index (χ1) is 8.97. The lowest BCUT2D eigenvalue weighted by Crippen LogP contribution is -2.06. The average molecular weight is 264 g/mol. The van der Waals surface area contributed by atoms with E-state index >= 15 is 0 Å². The number of alkyl halides is 3. The molecule has 0 aromatic heterocycles. The molecular weight excluding hydrogens is 249 g/mol. The van der Waals surface area contributed by atoms with Gasteiger partial charge in [0.05, 0.1) is 5.56 Å². The van der Waals surface area contributed by atoms with Gasteiger partial charge in [0.2, 0.25) is 0 Å². The van der Waals surface area contributed by atoms with E-state index in [0.717, 1.165) is 24.5 Å². The van der Waals surface area contributed by atoms with Crippen LogP contribution < -0.4 is 0 Å². The topological polar surface area (TPSA) is 0 Å². The number of halogens is 3. The van der Waals surface area contributed by atoms with Crippen LogP contribution in [0.25, 0.3) is 0 Å². The SMILES string of the molecule is Cc1cc(C(F)(F)F)ccc1CCc1ccccc1. The summed E-state index contributed by atoms with van der Waals surface area (Å²) in [6.07, 6.45) is -2.66. The maximum Gasteiger partial charge on any atom is 0.416 e. The number of aryl methyl sites for hydroxylation is 3. The molecule has 2 aromatic carbocycles. The van der Waals surface area contributed by atoms with Crippen molar-refractivity contribution in [3.63, 3.8) is 0 Å². The second-order valence-corrected chi connectivity index (χ2v) is 4.62. The summed E-state index contributed by atoms with van der Waals surface area (Å²) in [4.78, 5) is 0. The maximum atomic E-state index is 12.6. The molecule has 19 heavy (non-hydrogen) atoms. The van der Waals surface area contributed by atoms with Crippen LogP contribution in [0.15, 0.2) is 48.5 Å². The van der Waals surface area contributed by atoms with Gasteiger partial charge < -0.3 is 0 Å². The zero-order valence-electron chi connectivity index (χ0n) is 10.7. The lowest BCUT2D eigenvalue weighted by Gasteiger charge is -2.11. The number of hydrogen-bond donors (Lipinski definition) is 0. The largest absolute Gasteiger partial charge is 0.416 e. The van der Waals surface area contributed by atoms with Gasteiger partial charge >= 0.3 is 6.18 Å². The van der Waals surface area contributed by atoms with Crippen molar-refractivity contribution in [2.24, 2.45) is 0 Å². The Labute approximate surface area is 110 Å². The maximum absolute atomic E-state index is 12.6. The lowest BCUT2D eigenvalue weighted by molar-refractivity contribution is -0.137. The van der Waals surface area contributed by atoms with Gasteiger partial charge in [0, 0.05) is 0 Å². The minimum absolute atomic E-state index is 0.575. The van der Waals surface area contributed by atoms with Crippen molar-refractivity contribution in [1.82, 2.24) is 0 Å². The molecule has 0 saturated carbocycles. The number of rotatable bonds is 3. The highest BCUT2D eigenvalue weighted by Gasteiger charge is 2.30. The van der Waals surface area contributed by atoms with E-state index in [0.29, 0.717) is 5.56 Å². The Bertz CT molecular complexity index is 542.